The SMILES string of the molecule is CCCCCCC1=S=C(c2ccc(C3=S=C(CCCCCC)C=C3)c3nc4c5ccc([nH]5)c5nc(ccc6ccc([nH]6)c6nc(c4nc23)C=C6)C=C5)C=C1. The molecule has 0 spiro atoms. The minimum absolute atomic E-state index is 0.759. The van der Waals surface area contributed by atoms with Crippen LogP contribution >= 0.6 is 21.9 Å². The lowest BCUT2D eigenvalue weighted by atomic mass is 10.0. The Balaban J connectivity index is 1.31. The molecule has 0 saturated carbocycles. The average Bonchev–Trinajstić information content (AvgIpc) is 4.05. The number of aromatic amines is 2. The Morgan fingerprint density at radius 1 is 0.444 bits per heavy atom. The van der Waals surface area contributed by atoms with E-state index < -0.39 is 0 Å². The summed E-state index contributed by atoms with van der Waals surface area (Å²) >= 11 is 0. The van der Waals surface area contributed by atoms with Gasteiger partial charge in [-0.1, -0.05) is 64.5 Å². The van der Waals surface area contributed by atoms with Crippen molar-refractivity contribution in [2.24, 2.45) is 0 Å². The molecule has 2 N–H and O–H groups in total. The van der Waals surface area contributed by atoms with Gasteiger partial charge in [-0.15, -0.1) is 21.9 Å². The number of H-pyrrole nitrogens is 2. The topological polar surface area (TPSA) is 83.1 Å². The van der Waals surface area contributed by atoms with Crippen LogP contribution in [-0.2, 0) is 0 Å². The molecular weight excluding hydrogens is 701 g/mol. The quantitative estimate of drug-likeness (QED) is 0.0964. The molecular formula is C46H44N6S2. The van der Waals surface area contributed by atoms with E-state index >= 15 is 0 Å². The van der Waals surface area contributed by atoms with Crippen molar-refractivity contribution in [2.45, 2.75) is 78.1 Å². The molecule has 270 valence electrons. The van der Waals surface area contributed by atoms with Crippen LogP contribution in [0.1, 0.15) is 112 Å². The van der Waals surface area contributed by atoms with Crippen molar-refractivity contribution in [1.29, 1.82) is 0 Å². The second kappa shape index (κ2) is 15.3. The van der Waals surface area contributed by atoms with Gasteiger partial charge in [-0.05, 0) is 111 Å². The van der Waals surface area contributed by atoms with Gasteiger partial charge < -0.3 is 9.97 Å². The van der Waals surface area contributed by atoms with Crippen LogP contribution in [0, 0.1) is 0 Å². The van der Waals surface area contributed by atoms with E-state index in [9.17, 15) is 0 Å². The van der Waals surface area contributed by atoms with Crippen LogP contribution in [0.5, 0.6) is 0 Å². The van der Waals surface area contributed by atoms with Crippen LogP contribution in [0.3, 0.4) is 0 Å². The number of nitrogens with one attached hydrogen (secondary N) is 2. The minimum Gasteiger partial charge on any atom is -0.354 e. The van der Waals surface area contributed by atoms with Gasteiger partial charge >= 0.3 is 0 Å². The lowest BCUT2D eigenvalue weighted by molar-refractivity contribution is 0.685. The van der Waals surface area contributed by atoms with Gasteiger partial charge in [-0.2, -0.15) is 0 Å². The Morgan fingerprint density at radius 3 is 1.72 bits per heavy atom. The predicted molar refractivity (Wildman–Crippen MR) is 239 cm³/mol. The molecule has 0 radical (unpaired) electrons. The van der Waals surface area contributed by atoms with Gasteiger partial charge in [0.2, 0.25) is 0 Å². The summed E-state index contributed by atoms with van der Waals surface area (Å²) in [4.78, 5) is 33.8. The first-order chi connectivity index (χ1) is 26.6. The molecule has 0 saturated heterocycles. The lowest BCUT2D eigenvalue weighted by Crippen LogP contribution is -2.04. The molecule has 4 aromatic heterocycles. The predicted octanol–water partition coefficient (Wildman–Crippen LogP) is 11.7. The first kappa shape index (κ1) is 34.6. The summed E-state index contributed by atoms with van der Waals surface area (Å²) in [5.74, 6) is 0. The van der Waals surface area contributed by atoms with Crippen molar-refractivity contribution in [3.05, 3.63) is 107 Å². The first-order valence-electron chi connectivity index (χ1n) is 19.5. The fourth-order valence-corrected chi connectivity index (χ4v) is 9.60. The number of aromatic nitrogens is 6. The van der Waals surface area contributed by atoms with Crippen LogP contribution in [0.4, 0.5) is 0 Å². The van der Waals surface area contributed by atoms with Crippen molar-refractivity contribution in [3.63, 3.8) is 0 Å². The molecule has 8 bridgehead atoms. The molecule has 8 heterocycles. The Hall–Kier alpha value is -5.18. The zero-order valence-electron chi connectivity index (χ0n) is 30.9. The highest BCUT2D eigenvalue weighted by Gasteiger charge is 2.20. The van der Waals surface area contributed by atoms with Crippen LogP contribution < -0.4 is 0 Å². The smallest absolute Gasteiger partial charge is 0.117 e. The molecule has 54 heavy (non-hydrogen) atoms. The number of unbranched alkanes of at least 4 members (excludes halogenated alkanes) is 6. The van der Waals surface area contributed by atoms with Gasteiger partial charge in [-0.3, -0.25) is 0 Å². The molecule has 0 atom stereocenters. The highest BCUT2D eigenvalue weighted by atomic mass is 32.1. The average molecular weight is 745 g/mol. The number of benzene rings is 1. The van der Waals surface area contributed by atoms with Crippen molar-refractivity contribution in [3.8, 4) is 0 Å². The van der Waals surface area contributed by atoms with Crippen molar-refractivity contribution in [2.75, 3.05) is 0 Å². The van der Waals surface area contributed by atoms with E-state index in [-0.39, 0.29) is 0 Å². The molecule has 0 fully saturated rings. The number of hydrogen-bond acceptors (Lipinski definition) is 4. The van der Waals surface area contributed by atoms with Gasteiger partial charge in [0, 0.05) is 36.1 Å². The van der Waals surface area contributed by atoms with Gasteiger partial charge in [0.25, 0.3) is 0 Å². The monoisotopic (exact) mass is 744 g/mol. The Kier molecular flexibility index (Phi) is 9.79. The molecule has 1 aromatic carbocycles. The summed E-state index contributed by atoms with van der Waals surface area (Å²) in [6.07, 6.45) is 29.7. The maximum Gasteiger partial charge on any atom is 0.117 e. The van der Waals surface area contributed by atoms with Crippen LogP contribution in [0.25, 0.3) is 68.4 Å². The Labute approximate surface area is 323 Å². The lowest BCUT2D eigenvalue weighted by Gasteiger charge is -2.11. The Bertz CT molecular complexity index is 2780. The fraction of sp³-hybridized carbons (Fsp3) is 0.261. The van der Waals surface area contributed by atoms with E-state index in [1.54, 1.807) is 0 Å². The van der Waals surface area contributed by atoms with E-state index in [1.165, 1.54) is 70.8 Å². The summed E-state index contributed by atoms with van der Waals surface area (Å²) in [7, 11) is 3.78. The maximum absolute atomic E-state index is 5.60. The summed E-state index contributed by atoms with van der Waals surface area (Å²) < 4.78 is 0. The molecule has 4 aliphatic rings. The first-order valence-corrected chi connectivity index (χ1v) is 21.1. The number of fused-ring (bicyclic) bond motifs is 14. The fourth-order valence-electron chi connectivity index (χ4n) is 7.45. The van der Waals surface area contributed by atoms with E-state index in [0.29, 0.717) is 0 Å². The summed E-state index contributed by atoms with van der Waals surface area (Å²) in [6.45, 7) is 4.54. The number of hydrogen-bond donors (Lipinski definition) is 2. The van der Waals surface area contributed by atoms with Gasteiger partial charge in [0.15, 0.2) is 0 Å². The largest absolute Gasteiger partial charge is 0.354 e. The molecule has 4 aliphatic heterocycles. The highest BCUT2D eigenvalue weighted by molar-refractivity contribution is 7.99. The highest BCUT2D eigenvalue weighted by Crippen LogP contribution is 2.31. The van der Waals surface area contributed by atoms with Crippen LogP contribution in [-0.4, -0.2) is 49.4 Å². The van der Waals surface area contributed by atoms with Crippen LogP contribution in [0.2, 0.25) is 0 Å². The molecule has 8 heteroatoms. The summed E-state index contributed by atoms with van der Waals surface area (Å²) in [5, 5.41) is 0. The van der Waals surface area contributed by atoms with E-state index in [4.69, 9.17) is 19.9 Å². The second-order valence-corrected chi connectivity index (χ2v) is 16.7. The van der Waals surface area contributed by atoms with Crippen molar-refractivity contribution < 1.29 is 0 Å². The number of allylic oxidation sites excluding steroid dienone is 4. The second-order valence-electron chi connectivity index (χ2n) is 14.3. The van der Waals surface area contributed by atoms with E-state index in [0.717, 1.165) is 90.9 Å². The third-order valence-corrected chi connectivity index (χ3v) is 12.8. The van der Waals surface area contributed by atoms with E-state index in [2.05, 4.69) is 109 Å². The molecule has 9 rings (SSSR count). The summed E-state index contributed by atoms with van der Waals surface area (Å²) in [5.41, 5.74) is 12.8. The van der Waals surface area contributed by atoms with Crippen molar-refractivity contribution >= 4 is 110 Å². The van der Waals surface area contributed by atoms with Crippen molar-refractivity contribution in [1.82, 2.24) is 29.9 Å². The third kappa shape index (κ3) is 6.96. The maximum atomic E-state index is 5.60. The van der Waals surface area contributed by atoms with E-state index in [1.807, 2.05) is 34.0 Å². The summed E-state index contributed by atoms with van der Waals surface area (Å²) in [6, 6.07) is 17.0. The molecule has 6 nitrogen and oxygen atoms in total. The zero-order valence-corrected chi connectivity index (χ0v) is 32.5. The molecule has 0 unspecified atom stereocenters. The molecule has 0 amide bonds. The normalized spacial score (nSPS) is 14.7. The van der Waals surface area contributed by atoms with Gasteiger partial charge in [0.05, 0.1) is 50.4 Å². The van der Waals surface area contributed by atoms with Gasteiger partial charge in [0.1, 0.15) is 11.0 Å². The standard InChI is InChI=1S/C46H44N6S2/c1-3-5-7-9-11-31-17-27-41(53-31)33-19-20-34(42-28-18-32(54-42)12-10-8-6-4-2)44-43(33)51-45-39-25-23-37(49-39)35-21-15-29(47-35)13-14-30-16-22-36(48-30)38-24-26-40(50-38)46(45)52-44/h13-28,47,50H,3-12H2,1-2H3. The number of rotatable bonds is 12. The molecule has 5 aromatic rings. The molecule has 0 aliphatic carbocycles. The van der Waals surface area contributed by atoms with Gasteiger partial charge in [-0.25, -0.2) is 19.9 Å². The minimum atomic E-state index is 0.759. The van der Waals surface area contributed by atoms with Crippen LogP contribution in [0.15, 0.2) is 72.8 Å². The number of nitrogens with zero attached hydrogens (tertiary/aromatic N) is 4. The Morgan fingerprint density at radius 2 is 1.02 bits per heavy atom. The third-order valence-electron chi connectivity index (χ3n) is 10.4. The zero-order chi connectivity index (χ0) is 36.4.